The standard InChI is InChI=1S/C10H13FN6O4/c11-5-2-17(9(20)15-8(5)12)7-1-6(19)10(4-18,21-7)3-14-16-13/h2,6-7,18-19H,1,3-4H2,(H2,12,15,20)/t6-,7+,10+/m0/s1. The lowest BCUT2D eigenvalue weighted by molar-refractivity contribution is -0.122. The Morgan fingerprint density at radius 2 is 2.48 bits per heavy atom. The first-order valence-corrected chi connectivity index (χ1v) is 5.95. The van der Waals surface area contributed by atoms with Gasteiger partial charge >= 0.3 is 5.69 Å². The molecule has 114 valence electrons. The Kier molecular flexibility index (Phi) is 4.09. The molecule has 3 atom stereocenters. The van der Waals surface area contributed by atoms with E-state index in [-0.39, 0.29) is 13.0 Å². The minimum Gasteiger partial charge on any atom is -0.393 e. The van der Waals surface area contributed by atoms with E-state index >= 15 is 0 Å². The highest BCUT2D eigenvalue weighted by molar-refractivity contribution is 5.26. The zero-order chi connectivity index (χ0) is 15.6. The maximum Gasteiger partial charge on any atom is 0.351 e. The summed E-state index contributed by atoms with van der Waals surface area (Å²) in [7, 11) is 0. The number of hydrogen-bond donors (Lipinski definition) is 3. The predicted octanol–water partition coefficient (Wildman–Crippen LogP) is -0.714. The Hall–Kier alpha value is -2.20. The molecule has 0 radical (unpaired) electrons. The van der Waals surface area contributed by atoms with E-state index in [2.05, 4.69) is 15.0 Å². The van der Waals surface area contributed by atoms with Crippen molar-refractivity contribution in [2.45, 2.75) is 24.4 Å². The third kappa shape index (κ3) is 2.67. The lowest BCUT2D eigenvalue weighted by Gasteiger charge is -2.28. The van der Waals surface area contributed by atoms with E-state index in [9.17, 15) is 19.4 Å². The number of nitrogens with zero attached hydrogens (tertiary/aromatic N) is 5. The molecule has 1 fully saturated rings. The molecule has 11 heteroatoms. The van der Waals surface area contributed by atoms with Crippen LogP contribution in [0.1, 0.15) is 12.6 Å². The maximum atomic E-state index is 13.4. The smallest absolute Gasteiger partial charge is 0.351 e. The van der Waals surface area contributed by atoms with Gasteiger partial charge < -0.3 is 20.7 Å². The number of hydrogen-bond acceptors (Lipinski definition) is 7. The molecule has 0 saturated carbocycles. The van der Waals surface area contributed by atoms with Gasteiger partial charge in [0, 0.05) is 11.3 Å². The fraction of sp³-hybridized carbons (Fsp3) is 0.600. The van der Waals surface area contributed by atoms with Gasteiger partial charge in [0.25, 0.3) is 0 Å². The molecule has 0 amide bonds. The molecule has 1 aliphatic heterocycles. The van der Waals surface area contributed by atoms with Crippen molar-refractivity contribution in [2.75, 3.05) is 18.9 Å². The van der Waals surface area contributed by atoms with Gasteiger partial charge in [-0.1, -0.05) is 5.11 Å². The molecule has 10 nitrogen and oxygen atoms in total. The number of azide groups is 1. The fourth-order valence-electron chi connectivity index (χ4n) is 2.12. The number of aromatic nitrogens is 2. The first-order valence-electron chi connectivity index (χ1n) is 5.95. The topological polar surface area (TPSA) is 159 Å². The Labute approximate surface area is 117 Å². The first-order chi connectivity index (χ1) is 9.93. The quantitative estimate of drug-likeness (QED) is 0.378. The third-order valence-electron chi connectivity index (χ3n) is 3.32. The molecule has 2 rings (SSSR count). The van der Waals surface area contributed by atoms with Crippen LogP contribution in [0.5, 0.6) is 0 Å². The Balaban J connectivity index is 2.34. The summed E-state index contributed by atoms with van der Waals surface area (Å²) >= 11 is 0. The summed E-state index contributed by atoms with van der Waals surface area (Å²) in [5, 5.41) is 22.6. The van der Waals surface area contributed by atoms with Crippen molar-refractivity contribution in [1.29, 1.82) is 0 Å². The van der Waals surface area contributed by atoms with Gasteiger partial charge in [0.05, 0.1) is 25.5 Å². The predicted molar refractivity (Wildman–Crippen MR) is 67.4 cm³/mol. The largest absolute Gasteiger partial charge is 0.393 e. The first kappa shape index (κ1) is 15.2. The molecule has 0 aromatic carbocycles. The number of anilines is 1. The molecule has 1 saturated heterocycles. The molecular weight excluding hydrogens is 287 g/mol. The van der Waals surface area contributed by atoms with Gasteiger partial charge in [-0.25, -0.2) is 9.18 Å². The number of rotatable bonds is 4. The second-order valence-electron chi connectivity index (χ2n) is 4.60. The van der Waals surface area contributed by atoms with Crippen molar-refractivity contribution in [2.24, 2.45) is 5.11 Å². The van der Waals surface area contributed by atoms with E-state index in [1.54, 1.807) is 0 Å². The van der Waals surface area contributed by atoms with E-state index in [1.807, 2.05) is 0 Å². The van der Waals surface area contributed by atoms with Crippen LogP contribution in [0, 0.1) is 5.82 Å². The zero-order valence-corrected chi connectivity index (χ0v) is 10.8. The molecule has 21 heavy (non-hydrogen) atoms. The van der Waals surface area contributed by atoms with Gasteiger partial charge in [-0.05, 0) is 5.53 Å². The van der Waals surface area contributed by atoms with Crippen molar-refractivity contribution in [3.63, 3.8) is 0 Å². The number of halogens is 1. The van der Waals surface area contributed by atoms with Crippen LogP contribution in [0.2, 0.25) is 0 Å². The van der Waals surface area contributed by atoms with Gasteiger partial charge in [0.15, 0.2) is 11.6 Å². The summed E-state index contributed by atoms with van der Waals surface area (Å²) in [5.41, 5.74) is 11.1. The summed E-state index contributed by atoms with van der Waals surface area (Å²) in [6, 6.07) is 0. The van der Waals surface area contributed by atoms with Gasteiger partial charge in [-0.15, -0.1) is 0 Å². The summed E-state index contributed by atoms with van der Waals surface area (Å²) in [4.78, 5) is 17.5. The lowest BCUT2D eigenvalue weighted by Crippen LogP contribution is -2.46. The van der Waals surface area contributed by atoms with Crippen LogP contribution in [0.3, 0.4) is 0 Å². The minimum atomic E-state index is -1.55. The molecular formula is C10H13FN6O4. The van der Waals surface area contributed by atoms with Gasteiger partial charge in [-0.2, -0.15) is 4.98 Å². The highest BCUT2D eigenvalue weighted by atomic mass is 19.1. The van der Waals surface area contributed by atoms with E-state index in [4.69, 9.17) is 16.0 Å². The SMILES string of the molecule is [N-]=[N+]=NC[C@]1(CO)O[C@@H](n2cc(F)c(N)nc2=O)C[C@@H]1O. The lowest BCUT2D eigenvalue weighted by atomic mass is 9.98. The number of ether oxygens (including phenoxy) is 1. The Bertz CT molecular complexity index is 645. The van der Waals surface area contributed by atoms with Crippen molar-refractivity contribution >= 4 is 5.82 Å². The van der Waals surface area contributed by atoms with Gasteiger partial charge in [0.1, 0.15) is 11.8 Å². The summed E-state index contributed by atoms with van der Waals surface area (Å²) in [6.45, 7) is -0.972. The van der Waals surface area contributed by atoms with Gasteiger partial charge in [-0.3, -0.25) is 4.57 Å². The molecule has 4 N–H and O–H groups in total. The second kappa shape index (κ2) is 5.66. The van der Waals surface area contributed by atoms with E-state index in [0.717, 1.165) is 10.8 Å². The zero-order valence-electron chi connectivity index (χ0n) is 10.8. The van der Waals surface area contributed by atoms with E-state index in [0.29, 0.717) is 0 Å². The normalized spacial score (nSPS) is 28.3. The van der Waals surface area contributed by atoms with Crippen molar-refractivity contribution < 1.29 is 19.3 Å². The van der Waals surface area contributed by atoms with Crippen molar-refractivity contribution in [1.82, 2.24) is 9.55 Å². The van der Waals surface area contributed by atoms with Gasteiger partial charge in [0.2, 0.25) is 0 Å². The monoisotopic (exact) mass is 300 g/mol. The molecule has 0 spiro atoms. The molecule has 0 aliphatic carbocycles. The molecule has 1 aliphatic rings. The fourth-order valence-corrected chi connectivity index (χ4v) is 2.12. The molecule has 0 unspecified atom stereocenters. The number of nitrogens with two attached hydrogens (primary N) is 1. The maximum absolute atomic E-state index is 13.4. The van der Waals surface area contributed by atoms with Crippen LogP contribution in [-0.2, 0) is 4.74 Å². The molecule has 1 aromatic heterocycles. The summed E-state index contributed by atoms with van der Waals surface area (Å²) < 4.78 is 19.7. The van der Waals surface area contributed by atoms with Crippen LogP contribution in [-0.4, -0.2) is 44.6 Å². The minimum absolute atomic E-state index is 0.105. The Morgan fingerprint density at radius 1 is 1.76 bits per heavy atom. The van der Waals surface area contributed by atoms with Crippen LogP contribution in [0.25, 0.3) is 10.4 Å². The van der Waals surface area contributed by atoms with E-state index in [1.165, 1.54) is 0 Å². The second-order valence-corrected chi connectivity index (χ2v) is 4.60. The van der Waals surface area contributed by atoms with Crippen LogP contribution in [0.15, 0.2) is 16.1 Å². The summed E-state index contributed by atoms with van der Waals surface area (Å²) in [5.74, 6) is -1.46. The molecule has 0 bridgehead atoms. The number of aliphatic hydroxyl groups excluding tert-OH is 2. The number of aliphatic hydroxyl groups is 2. The van der Waals surface area contributed by atoms with E-state index < -0.39 is 41.9 Å². The molecule has 2 heterocycles. The average Bonchev–Trinajstić information content (AvgIpc) is 2.78. The van der Waals surface area contributed by atoms with Crippen LogP contribution >= 0.6 is 0 Å². The highest BCUT2D eigenvalue weighted by Crippen LogP contribution is 2.36. The highest BCUT2D eigenvalue weighted by Gasteiger charge is 2.48. The van der Waals surface area contributed by atoms with Crippen molar-refractivity contribution in [3.05, 3.63) is 32.9 Å². The number of nitrogen functional groups attached to an aromatic ring is 1. The third-order valence-corrected chi connectivity index (χ3v) is 3.32. The average molecular weight is 300 g/mol. The Morgan fingerprint density at radius 3 is 3.10 bits per heavy atom. The van der Waals surface area contributed by atoms with Crippen molar-refractivity contribution in [3.8, 4) is 0 Å². The van der Waals surface area contributed by atoms with Crippen LogP contribution < -0.4 is 11.4 Å². The van der Waals surface area contributed by atoms with Crippen LogP contribution in [0.4, 0.5) is 10.2 Å². The molecule has 1 aromatic rings. The summed E-state index contributed by atoms with van der Waals surface area (Å²) in [6.07, 6.45) is -1.56.